The van der Waals surface area contributed by atoms with E-state index in [9.17, 15) is 29.5 Å². The third-order valence-electron chi connectivity index (χ3n) is 14.1. The molecule has 4 heterocycles. The first-order chi connectivity index (χ1) is 32.6. The standard InChI is InChI=1S/C52H66ClN9O7/c1-31(34-10-14-37(15-11-34)61-23-20-55-32(61)2)57-46(66)41-24-38(63)28-62(41)47(67)44(50(3,4)5)58-43(64)30-68-29-33-18-21-60(22-19-33)42-17-13-36(27-56-42)45(65)59-48-51(6,7)49(52(48,8)9)69-39-16-12-35(26-54)40(53)25-39/h10-17,20,23,25,27,31,33,38,41,44,48-49,63H,18-19,21-22,24,28-30H2,1-9H3,(H,57,66)(H,58,64)(H,59,65)/t31?,38-,41+,44?,48-,49-/m1/s1. The second-order valence-corrected chi connectivity index (χ2v) is 21.5. The number of piperidine rings is 1. The highest BCUT2D eigenvalue weighted by molar-refractivity contribution is 6.31. The van der Waals surface area contributed by atoms with Crippen LogP contribution in [0.3, 0.4) is 0 Å². The van der Waals surface area contributed by atoms with Crippen LogP contribution in [0.2, 0.25) is 5.02 Å². The van der Waals surface area contributed by atoms with Gasteiger partial charge in [-0.1, -0.05) is 72.2 Å². The highest BCUT2D eigenvalue weighted by atomic mass is 35.5. The molecule has 4 amide bonds. The minimum atomic E-state index is -0.968. The molecule has 0 spiro atoms. The zero-order valence-corrected chi connectivity index (χ0v) is 41.8. The van der Waals surface area contributed by atoms with Crippen LogP contribution in [0, 0.1) is 40.4 Å². The van der Waals surface area contributed by atoms with Crippen molar-refractivity contribution in [2.75, 3.05) is 37.7 Å². The second kappa shape index (κ2) is 20.5. The summed E-state index contributed by atoms with van der Waals surface area (Å²) in [5, 5.41) is 29.4. The van der Waals surface area contributed by atoms with Crippen molar-refractivity contribution in [2.45, 2.75) is 118 Å². The molecule has 4 N–H and O–H groups in total. The minimum Gasteiger partial charge on any atom is -0.489 e. The van der Waals surface area contributed by atoms with E-state index in [0.717, 1.165) is 48.8 Å². The number of carbonyl (C=O) groups is 4. The van der Waals surface area contributed by atoms with Crippen molar-refractivity contribution in [3.8, 4) is 17.5 Å². The number of β-amino-alcohol motifs (C(OH)–C–C–N with tert-alkyl or cyclic N) is 1. The normalized spacial score (nSPS) is 21.9. The number of ether oxygens (including phenoxy) is 2. The molecule has 0 bridgehead atoms. The predicted octanol–water partition coefficient (Wildman–Crippen LogP) is 6.32. The summed E-state index contributed by atoms with van der Waals surface area (Å²) in [4.78, 5) is 67.2. The Morgan fingerprint density at radius 2 is 1.68 bits per heavy atom. The van der Waals surface area contributed by atoms with Gasteiger partial charge in [-0.15, -0.1) is 0 Å². The van der Waals surface area contributed by atoms with Gasteiger partial charge >= 0.3 is 0 Å². The van der Waals surface area contributed by atoms with Gasteiger partial charge in [0.2, 0.25) is 17.7 Å². The minimum absolute atomic E-state index is 0.0224. The van der Waals surface area contributed by atoms with Crippen LogP contribution in [0.25, 0.3) is 5.69 Å². The fraction of sp³-hybridized carbons (Fsp3) is 0.519. The number of aliphatic hydroxyl groups is 1. The number of aromatic nitrogens is 3. The van der Waals surface area contributed by atoms with Crippen LogP contribution < -0.4 is 25.6 Å². The third kappa shape index (κ3) is 11.2. The molecule has 4 atom stereocenters. The monoisotopic (exact) mass is 963 g/mol. The lowest BCUT2D eigenvalue weighted by atomic mass is 9.49. The molecule has 0 radical (unpaired) electrons. The summed E-state index contributed by atoms with van der Waals surface area (Å²) < 4.78 is 14.2. The number of hydrogen-bond donors (Lipinski definition) is 4. The molecule has 3 aliphatic rings. The number of aliphatic hydroxyl groups excluding tert-OH is 1. The van der Waals surface area contributed by atoms with Gasteiger partial charge in [-0.05, 0) is 80.0 Å². The number of benzene rings is 2. The van der Waals surface area contributed by atoms with E-state index in [4.69, 9.17) is 21.1 Å². The van der Waals surface area contributed by atoms with Crippen molar-refractivity contribution in [1.29, 1.82) is 5.26 Å². The number of imidazole rings is 1. The molecule has 2 aromatic carbocycles. The average molecular weight is 965 g/mol. The Morgan fingerprint density at radius 3 is 2.28 bits per heavy atom. The number of likely N-dealkylation sites (tertiary alicyclic amines) is 1. The van der Waals surface area contributed by atoms with Gasteiger partial charge in [0, 0.05) is 73.3 Å². The van der Waals surface area contributed by atoms with Gasteiger partial charge in [-0.3, -0.25) is 19.2 Å². The van der Waals surface area contributed by atoms with Gasteiger partial charge in [0.05, 0.1) is 34.9 Å². The summed E-state index contributed by atoms with van der Waals surface area (Å²) in [6.07, 6.45) is 5.83. The summed E-state index contributed by atoms with van der Waals surface area (Å²) in [5.41, 5.74) is 1.15. The third-order valence-corrected chi connectivity index (χ3v) is 14.4. The number of anilines is 1. The number of rotatable bonds is 15. The lowest BCUT2D eigenvalue weighted by molar-refractivity contribution is -0.164. The maximum Gasteiger partial charge on any atom is 0.253 e. The number of pyridine rings is 1. The highest BCUT2D eigenvalue weighted by Gasteiger charge is 2.64. The van der Waals surface area contributed by atoms with Gasteiger partial charge in [-0.2, -0.15) is 5.26 Å². The van der Waals surface area contributed by atoms with Crippen LogP contribution >= 0.6 is 11.6 Å². The van der Waals surface area contributed by atoms with E-state index < -0.39 is 46.2 Å². The van der Waals surface area contributed by atoms with Crippen LogP contribution in [-0.2, 0) is 19.1 Å². The highest BCUT2D eigenvalue weighted by Crippen LogP contribution is 2.55. The molecule has 3 fully saturated rings. The second-order valence-electron chi connectivity index (χ2n) is 21.1. The molecule has 69 heavy (non-hydrogen) atoms. The molecule has 2 aromatic heterocycles. The van der Waals surface area contributed by atoms with Crippen LogP contribution in [0.15, 0.2) is 73.2 Å². The number of nitrogens with one attached hydrogen (secondary N) is 3. The fourth-order valence-electron chi connectivity index (χ4n) is 10.5. The molecular weight excluding hydrogens is 898 g/mol. The summed E-state index contributed by atoms with van der Waals surface area (Å²) in [7, 11) is 0. The number of aryl methyl sites for hydroxylation is 1. The zero-order chi connectivity index (χ0) is 50.0. The molecule has 17 heteroatoms. The molecule has 2 aliphatic heterocycles. The first-order valence-electron chi connectivity index (χ1n) is 23.7. The number of nitriles is 1. The van der Waals surface area contributed by atoms with Gasteiger partial charge < -0.3 is 44.9 Å². The van der Waals surface area contributed by atoms with Crippen LogP contribution in [-0.4, -0.2) is 111 Å². The van der Waals surface area contributed by atoms with Crippen molar-refractivity contribution < 1.29 is 33.8 Å². The average Bonchev–Trinajstić information content (AvgIpc) is 3.93. The Kier molecular flexibility index (Phi) is 15.1. The van der Waals surface area contributed by atoms with E-state index in [-0.39, 0.29) is 55.5 Å². The van der Waals surface area contributed by atoms with Crippen molar-refractivity contribution in [1.82, 2.24) is 35.4 Å². The fourth-order valence-corrected chi connectivity index (χ4v) is 10.7. The number of amides is 4. The molecular formula is C52H66ClN9O7. The molecule has 4 aromatic rings. The Hall–Kier alpha value is -6.02. The predicted molar refractivity (Wildman–Crippen MR) is 262 cm³/mol. The molecule has 1 saturated carbocycles. The Labute approximate surface area is 410 Å². The first-order valence-corrected chi connectivity index (χ1v) is 24.1. The maximum atomic E-state index is 14.2. The molecule has 2 unspecified atom stereocenters. The largest absolute Gasteiger partial charge is 0.489 e. The quantitative estimate of drug-likeness (QED) is 0.104. The van der Waals surface area contributed by atoms with E-state index in [1.807, 2.05) is 75.7 Å². The van der Waals surface area contributed by atoms with Crippen LogP contribution in [0.1, 0.15) is 108 Å². The molecule has 1 aliphatic carbocycles. The summed E-state index contributed by atoms with van der Waals surface area (Å²) >= 11 is 6.25. The smallest absolute Gasteiger partial charge is 0.253 e. The van der Waals surface area contributed by atoms with Gasteiger partial charge in [0.1, 0.15) is 48.3 Å². The van der Waals surface area contributed by atoms with Gasteiger partial charge in [0.25, 0.3) is 5.91 Å². The first kappa shape index (κ1) is 50.8. The summed E-state index contributed by atoms with van der Waals surface area (Å²) in [5.74, 6) is 0.939. The lowest BCUT2D eigenvalue weighted by Gasteiger charge is -2.63. The molecule has 7 rings (SSSR count). The molecule has 368 valence electrons. The number of nitrogens with zero attached hydrogens (tertiary/aromatic N) is 6. The lowest BCUT2D eigenvalue weighted by Crippen LogP contribution is -2.74. The SMILES string of the molecule is Cc1nccn1-c1ccc(C(C)NC(=O)[C@@H]2C[C@@H](O)CN2C(=O)C(NC(=O)COCC2CCN(c3ccc(C(=O)N[C@H]4C(C)(C)[C@H](Oc5ccc(C#N)c(Cl)c5)C4(C)C)cn3)CC2)C(C)(C)C)cc1. The summed E-state index contributed by atoms with van der Waals surface area (Å²) in [6, 6.07) is 16.1. The molecule has 16 nitrogen and oxygen atoms in total. The van der Waals surface area contributed by atoms with Crippen molar-refractivity contribution in [3.63, 3.8) is 0 Å². The zero-order valence-electron chi connectivity index (χ0n) is 41.1. The number of hydrogen-bond acceptors (Lipinski definition) is 11. The van der Waals surface area contributed by atoms with Crippen LogP contribution in [0.5, 0.6) is 5.75 Å². The maximum absolute atomic E-state index is 14.2. The Bertz CT molecular complexity index is 2530. The van der Waals surface area contributed by atoms with Gasteiger partial charge in [-0.25, -0.2) is 9.97 Å². The molecule has 2 saturated heterocycles. The topological polar surface area (TPSA) is 204 Å². The van der Waals surface area contributed by atoms with E-state index >= 15 is 0 Å². The van der Waals surface area contributed by atoms with Gasteiger partial charge in [0.15, 0.2) is 0 Å². The van der Waals surface area contributed by atoms with E-state index in [1.165, 1.54) is 4.90 Å². The van der Waals surface area contributed by atoms with Crippen molar-refractivity contribution >= 4 is 41.0 Å². The van der Waals surface area contributed by atoms with E-state index in [1.54, 1.807) is 36.7 Å². The Balaban J connectivity index is 0.850. The van der Waals surface area contributed by atoms with Crippen LogP contribution in [0.4, 0.5) is 5.82 Å². The summed E-state index contributed by atoms with van der Waals surface area (Å²) in [6.45, 7) is 19.1. The van der Waals surface area contributed by atoms with Crippen molar-refractivity contribution in [2.24, 2.45) is 22.2 Å². The van der Waals surface area contributed by atoms with Crippen molar-refractivity contribution in [3.05, 3.63) is 101 Å². The number of carbonyl (C=O) groups excluding carboxylic acids is 4. The van der Waals surface area contributed by atoms with E-state index in [0.29, 0.717) is 28.5 Å². The Morgan fingerprint density at radius 1 is 0.986 bits per heavy atom. The number of halogens is 1. The van der Waals surface area contributed by atoms with E-state index in [2.05, 4.69) is 64.6 Å².